The van der Waals surface area contributed by atoms with Gasteiger partial charge in [-0.15, -0.1) is 5.11 Å². The second kappa shape index (κ2) is 4.79. The van der Waals surface area contributed by atoms with Crippen LogP contribution in [0.25, 0.3) is 0 Å². The van der Waals surface area contributed by atoms with Crippen LogP contribution in [0.3, 0.4) is 0 Å². The van der Waals surface area contributed by atoms with Crippen LogP contribution in [0.5, 0.6) is 0 Å². The molecule has 0 radical (unpaired) electrons. The Bertz CT molecular complexity index is 438. The van der Waals surface area contributed by atoms with Crippen molar-refractivity contribution in [3.8, 4) is 0 Å². The number of hydrogen-bond donors (Lipinski definition) is 0. The molecule has 1 atom stereocenters. The molecule has 0 N–H and O–H groups in total. The molecule has 2 rings (SSSR count). The maximum Gasteiger partial charge on any atom is 0.218 e. The van der Waals surface area contributed by atoms with Gasteiger partial charge in [0, 0.05) is 26.3 Å². The number of anilines is 1. The minimum absolute atomic E-state index is 0.0521. The van der Waals surface area contributed by atoms with E-state index in [1.165, 1.54) is 5.69 Å². The summed E-state index contributed by atoms with van der Waals surface area (Å²) in [5.74, 6) is 0. The summed E-state index contributed by atoms with van der Waals surface area (Å²) >= 11 is 5.14. The highest BCUT2D eigenvalue weighted by Gasteiger charge is 2.26. The summed E-state index contributed by atoms with van der Waals surface area (Å²) in [5, 5.41) is 8.76. The third-order valence-electron chi connectivity index (χ3n) is 2.84. The van der Waals surface area contributed by atoms with Crippen molar-refractivity contribution in [3.63, 3.8) is 0 Å². The Hall–Kier alpha value is -1.49. The maximum absolute atomic E-state index is 5.14. The van der Waals surface area contributed by atoms with Gasteiger partial charge in [-0.25, -0.2) is 0 Å². The second-order valence-electron chi connectivity index (χ2n) is 4.14. The average molecular weight is 248 g/mol. The quantitative estimate of drug-likeness (QED) is 0.771. The highest BCUT2D eigenvalue weighted by molar-refractivity contribution is 7.80. The van der Waals surface area contributed by atoms with Gasteiger partial charge in [0.05, 0.1) is 0 Å². The van der Waals surface area contributed by atoms with E-state index in [-0.39, 0.29) is 6.17 Å². The van der Waals surface area contributed by atoms with Crippen LogP contribution < -0.4 is 4.90 Å². The van der Waals surface area contributed by atoms with Crippen LogP contribution in [0, 0.1) is 0 Å². The van der Waals surface area contributed by atoms with Crippen molar-refractivity contribution in [2.75, 3.05) is 25.5 Å². The molecule has 0 amide bonds. The highest BCUT2D eigenvalue weighted by atomic mass is 32.1. The number of thiocarbonyl (C=S) groups is 1. The largest absolute Gasteiger partial charge is 0.378 e. The zero-order chi connectivity index (χ0) is 12.4. The van der Waals surface area contributed by atoms with Gasteiger partial charge in [0.25, 0.3) is 0 Å². The van der Waals surface area contributed by atoms with Crippen molar-refractivity contribution in [1.29, 1.82) is 0 Å². The first kappa shape index (κ1) is 12.0. The number of benzene rings is 1. The monoisotopic (exact) mass is 248 g/mol. The SMILES string of the molecule is CCN1C(=S)N=NC1c1ccc(N(C)C)cc1. The summed E-state index contributed by atoms with van der Waals surface area (Å²) in [5.41, 5.74) is 2.30. The van der Waals surface area contributed by atoms with Gasteiger partial charge in [-0.1, -0.05) is 12.1 Å². The van der Waals surface area contributed by atoms with Gasteiger partial charge >= 0.3 is 0 Å². The van der Waals surface area contributed by atoms with Gasteiger partial charge in [-0.05, 0) is 36.8 Å². The van der Waals surface area contributed by atoms with Gasteiger partial charge in [0.15, 0.2) is 6.17 Å². The van der Waals surface area contributed by atoms with E-state index in [0.717, 1.165) is 12.1 Å². The van der Waals surface area contributed by atoms with Crippen LogP contribution in [0.15, 0.2) is 34.5 Å². The van der Waals surface area contributed by atoms with E-state index in [1.54, 1.807) is 0 Å². The van der Waals surface area contributed by atoms with E-state index >= 15 is 0 Å². The molecule has 0 saturated heterocycles. The highest BCUT2D eigenvalue weighted by Crippen LogP contribution is 2.29. The van der Waals surface area contributed by atoms with Gasteiger partial charge < -0.3 is 9.80 Å². The van der Waals surface area contributed by atoms with E-state index in [0.29, 0.717) is 5.11 Å². The predicted octanol–water partition coefficient (Wildman–Crippen LogP) is 2.82. The molecule has 0 aliphatic carbocycles. The predicted molar refractivity (Wildman–Crippen MR) is 73.3 cm³/mol. The van der Waals surface area contributed by atoms with Crippen LogP contribution in [0.2, 0.25) is 0 Å². The molecule has 0 aromatic heterocycles. The van der Waals surface area contributed by atoms with Crippen molar-refractivity contribution in [1.82, 2.24) is 4.90 Å². The van der Waals surface area contributed by atoms with Gasteiger partial charge in [0.1, 0.15) is 0 Å². The van der Waals surface area contributed by atoms with Gasteiger partial charge in [-0.3, -0.25) is 0 Å². The van der Waals surface area contributed by atoms with Gasteiger partial charge in [-0.2, -0.15) is 5.11 Å². The first-order valence-electron chi connectivity index (χ1n) is 5.62. The summed E-state index contributed by atoms with van der Waals surface area (Å²) in [4.78, 5) is 4.09. The zero-order valence-electron chi connectivity index (χ0n) is 10.3. The Morgan fingerprint density at radius 1 is 1.29 bits per heavy atom. The molecule has 0 bridgehead atoms. The molecule has 0 saturated carbocycles. The standard InChI is InChI=1S/C12H16N4S/c1-4-16-11(13-14-12(16)17)9-5-7-10(8-6-9)15(2)3/h5-8,11H,4H2,1-3H3. The molecular formula is C12H16N4S. The Balaban J connectivity index is 2.23. The first-order valence-corrected chi connectivity index (χ1v) is 6.03. The fourth-order valence-electron chi connectivity index (χ4n) is 1.83. The number of azo groups is 1. The fraction of sp³-hybridized carbons (Fsp3) is 0.417. The minimum atomic E-state index is -0.0521. The maximum atomic E-state index is 5.14. The third kappa shape index (κ3) is 2.29. The van der Waals surface area contributed by atoms with Crippen LogP contribution >= 0.6 is 12.2 Å². The van der Waals surface area contributed by atoms with E-state index in [2.05, 4.69) is 46.3 Å². The average Bonchev–Trinajstić information content (AvgIpc) is 2.70. The summed E-state index contributed by atoms with van der Waals surface area (Å²) < 4.78 is 0. The molecule has 1 aliphatic rings. The van der Waals surface area contributed by atoms with Crippen LogP contribution in [-0.2, 0) is 0 Å². The van der Waals surface area contributed by atoms with Crippen molar-refractivity contribution in [3.05, 3.63) is 29.8 Å². The Kier molecular flexibility index (Phi) is 3.38. The molecule has 17 heavy (non-hydrogen) atoms. The van der Waals surface area contributed by atoms with Crippen molar-refractivity contribution >= 4 is 23.0 Å². The van der Waals surface area contributed by atoms with Crippen LogP contribution in [0.1, 0.15) is 18.7 Å². The molecule has 0 spiro atoms. The normalized spacial score (nSPS) is 18.9. The topological polar surface area (TPSA) is 31.2 Å². The molecule has 1 heterocycles. The molecule has 90 valence electrons. The van der Waals surface area contributed by atoms with Crippen LogP contribution in [-0.4, -0.2) is 30.7 Å². The molecular weight excluding hydrogens is 232 g/mol. The molecule has 4 nitrogen and oxygen atoms in total. The minimum Gasteiger partial charge on any atom is -0.378 e. The second-order valence-corrected chi connectivity index (χ2v) is 4.51. The van der Waals surface area contributed by atoms with E-state index in [1.807, 2.05) is 19.0 Å². The first-order chi connectivity index (χ1) is 8.13. The third-order valence-corrected chi connectivity index (χ3v) is 3.16. The van der Waals surface area contributed by atoms with Crippen LogP contribution in [0.4, 0.5) is 5.69 Å². The van der Waals surface area contributed by atoms with Crippen molar-refractivity contribution < 1.29 is 0 Å². The number of nitrogens with zero attached hydrogens (tertiary/aromatic N) is 4. The van der Waals surface area contributed by atoms with E-state index < -0.39 is 0 Å². The number of rotatable bonds is 3. The molecule has 1 aliphatic heterocycles. The van der Waals surface area contributed by atoms with E-state index in [4.69, 9.17) is 12.2 Å². The molecule has 0 fully saturated rings. The lowest BCUT2D eigenvalue weighted by molar-refractivity contribution is 0.364. The lowest BCUT2D eigenvalue weighted by Crippen LogP contribution is -2.26. The zero-order valence-corrected chi connectivity index (χ0v) is 11.1. The lowest BCUT2D eigenvalue weighted by atomic mass is 10.1. The molecule has 1 aromatic carbocycles. The Morgan fingerprint density at radius 3 is 2.47 bits per heavy atom. The molecule has 1 aromatic rings. The number of hydrogen-bond acceptors (Lipinski definition) is 3. The molecule has 1 unspecified atom stereocenters. The van der Waals surface area contributed by atoms with E-state index in [9.17, 15) is 0 Å². The Labute approximate surface area is 107 Å². The summed E-state index contributed by atoms with van der Waals surface area (Å²) in [6.45, 7) is 2.88. The summed E-state index contributed by atoms with van der Waals surface area (Å²) in [7, 11) is 4.05. The smallest absolute Gasteiger partial charge is 0.218 e. The van der Waals surface area contributed by atoms with Crippen molar-refractivity contribution in [2.45, 2.75) is 13.1 Å². The van der Waals surface area contributed by atoms with Crippen molar-refractivity contribution in [2.24, 2.45) is 10.2 Å². The Morgan fingerprint density at radius 2 is 1.94 bits per heavy atom. The lowest BCUT2D eigenvalue weighted by Gasteiger charge is -2.22. The summed E-state index contributed by atoms with van der Waals surface area (Å²) in [6, 6.07) is 8.32. The molecule has 5 heteroatoms. The van der Waals surface area contributed by atoms with Gasteiger partial charge in [0.2, 0.25) is 5.11 Å². The summed E-state index contributed by atoms with van der Waals surface area (Å²) in [6.07, 6.45) is -0.0521. The fourth-order valence-corrected chi connectivity index (χ4v) is 2.10.